The van der Waals surface area contributed by atoms with Gasteiger partial charge in [0.2, 0.25) is 0 Å². The third kappa shape index (κ3) is 3.31. The smallest absolute Gasteiger partial charge is 0.168 e. The van der Waals surface area contributed by atoms with Gasteiger partial charge in [0.25, 0.3) is 0 Å². The molecule has 7 rings (SSSR count). The molecule has 0 aliphatic heterocycles. The van der Waals surface area contributed by atoms with Crippen molar-refractivity contribution in [3.8, 4) is 33.9 Å². The minimum absolute atomic E-state index is 0.818. The van der Waals surface area contributed by atoms with Gasteiger partial charge in [0.15, 0.2) is 5.82 Å². The summed E-state index contributed by atoms with van der Waals surface area (Å²) < 4.78 is 4.39. The second kappa shape index (κ2) is 8.36. The molecule has 5 aromatic carbocycles. The predicted octanol–water partition coefficient (Wildman–Crippen LogP) is 7.70. The van der Waals surface area contributed by atoms with E-state index < -0.39 is 0 Å². The van der Waals surface area contributed by atoms with Gasteiger partial charge in [-0.3, -0.25) is 4.57 Å². The summed E-state index contributed by atoms with van der Waals surface area (Å²) in [7, 11) is 0. The summed E-state index contributed by atoms with van der Waals surface area (Å²) in [6.45, 7) is 0. The first-order chi connectivity index (χ1) is 17.9. The Morgan fingerprint density at radius 2 is 1.17 bits per heavy atom. The topological polar surface area (TPSA) is 35.6 Å². The van der Waals surface area contributed by atoms with Crippen molar-refractivity contribution in [2.45, 2.75) is 0 Å². The zero-order valence-electron chi connectivity index (χ0n) is 19.5. The van der Waals surface area contributed by atoms with Crippen LogP contribution in [-0.4, -0.2) is 19.3 Å². The van der Waals surface area contributed by atoms with Crippen molar-refractivity contribution < 1.29 is 0 Å². The Kier molecular flexibility index (Phi) is 4.74. The van der Waals surface area contributed by atoms with Gasteiger partial charge < -0.3 is 4.57 Å². The van der Waals surface area contributed by atoms with Crippen molar-refractivity contribution in [3.05, 3.63) is 134 Å². The zero-order chi connectivity index (χ0) is 23.9. The molecule has 0 bridgehead atoms. The molecule has 4 nitrogen and oxygen atoms in total. The van der Waals surface area contributed by atoms with Gasteiger partial charge in [-0.05, 0) is 53.6 Å². The molecule has 4 heteroatoms. The number of nitrogens with zero attached hydrogens (tertiary/aromatic N) is 4. The van der Waals surface area contributed by atoms with Crippen LogP contribution in [0.4, 0.5) is 0 Å². The van der Waals surface area contributed by atoms with Crippen LogP contribution in [0.25, 0.3) is 55.7 Å². The first-order valence-electron chi connectivity index (χ1n) is 12.0. The fourth-order valence-electron chi connectivity index (χ4n) is 5.06. The highest BCUT2D eigenvalue weighted by Crippen LogP contribution is 2.34. The normalized spacial score (nSPS) is 11.3. The maximum atomic E-state index is 4.50. The molecule has 0 unspecified atom stereocenters. The molecule has 0 N–H and O–H groups in total. The van der Waals surface area contributed by atoms with E-state index in [1.807, 2.05) is 6.07 Å². The Balaban J connectivity index is 1.39. The molecule has 2 heterocycles. The first kappa shape index (κ1) is 20.4. The van der Waals surface area contributed by atoms with Crippen LogP contribution in [0.15, 0.2) is 134 Å². The van der Waals surface area contributed by atoms with Gasteiger partial charge in [-0.1, -0.05) is 84.9 Å². The number of hydrogen-bond acceptors (Lipinski definition) is 2. The lowest BCUT2D eigenvalue weighted by Gasteiger charge is -2.10. The van der Waals surface area contributed by atoms with Crippen molar-refractivity contribution in [2.75, 3.05) is 0 Å². The molecule has 0 saturated carbocycles. The summed E-state index contributed by atoms with van der Waals surface area (Å²) in [5.41, 5.74) is 7.91. The maximum Gasteiger partial charge on any atom is 0.168 e. The standard InChI is InChI=1S/C32H22N4/c1-3-10-23(11-4-1)24-12-9-13-25(20-24)32-34-33-22-35(32)27-18-19-31-29(21-27)28-16-7-8-17-30(28)36(31)26-14-5-2-6-15-26/h1-22H. The fraction of sp³-hybridized carbons (Fsp3) is 0. The number of fused-ring (bicyclic) bond motifs is 3. The average molecular weight is 463 g/mol. The van der Waals surface area contributed by atoms with E-state index >= 15 is 0 Å². The minimum atomic E-state index is 0.818. The van der Waals surface area contributed by atoms with E-state index in [2.05, 4.69) is 141 Å². The van der Waals surface area contributed by atoms with Crippen molar-refractivity contribution >= 4 is 21.8 Å². The van der Waals surface area contributed by atoms with Crippen LogP contribution in [0.2, 0.25) is 0 Å². The van der Waals surface area contributed by atoms with Gasteiger partial charge in [-0.2, -0.15) is 0 Å². The van der Waals surface area contributed by atoms with Crippen LogP contribution in [-0.2, 0) is 0 Å². The number of para-hydroxylation sites is 2. The largest absolute Gasteiger partial charge is 0.309 e. The molecule has 0 saturated heterocycles. The van der Waals surface area contributed by atoms with E-state index in [0.717, 1.165) is 28.3 Å². The second-order valence-corrected chi connectivity index (χ2v) is 8.86. The first-order valence-corrected chi connectivity index (χ1v) is 12.0. The molecule has 36 heavy (non-hydrogen) atoms. The van der Waals surface area contributed by atoms with Crippen molar-refractivity contribution in [2.24, 2.45) is 0 Å². The van der Waals surface area contributed by atoms with Crippen molar-refractivity contribution in [1.82, 2.24) is 19.3 Å². The highest BCUT2D eigenvalue weighted by atomic mass is 15.3. The van der Waals surface area contributed by atoms with Crippen LogP contribution in [0, 0.1) is 0 Å². The summed E-state index contributed by atoms with van der Waals surface area (Å²) in [4.78, 5) is 0. The Morgan fingerprint density at radius 3 is 2.03 bits per heavy atom. The highest BCUT2D eigenvalue weighted by Gasteiger charge is 2.15. The number of aromatic nitrogens is 4. The number of rotatable bonds is 4. The lowest BCUT2D eigenvalue weighted by atomic mass is 10.0. The van der Waals surface area contributed by atoms with Gasteiger partial charge >= 0.3 is 0 Å². The van der Waals surface area contributed by atoms with E-state index in [1.54, 1.807) is 6.33 Å². The highest BCUT2D eigenvalue weighted by molar-refractivity contribution is 6.09. The molecule has 7 aromatic rings. The maximum absolute atomic E-state index is 4.50. The van der Waals surface area contributed by atoms with Crippen LogP contribution in [0.3, 0.4) is 0 Å². The molecule has 2 aromatic heterocycles. The lowest BCUT2D eigenvalue weighted by molar-refractivity contribution is 1.07. The van der Waals surface area contributed by atoms with Gasteiger partial charge in [0.1, 0.15) is 6.33 Å². The molecular weight excluding hydrogens is 440 g/mol. The molecule has 0 fully saturated rings. The summed E-state index contributed by atoms with van der Waals surface area (Å²) in [5, 5.41) is 11.2. The van der Waals surface area contributed by atoms with Crippen molar-refractivity contribution in [3.63, 3.8) is 0 Å². The molecule has 0 aliphatic carbocycles. The summed E-state index contributed by atoms with van der Waals surface area (Å²) in [6, 6.07) is 44.5. The van der Waals surface area contributed by atoms with Gasteiger partial charge in [0.05, 0.1) is 11.0 Å². The molecule has 0 atom stereocenters. The molecule has 0 spiro atoms. The van der Waals surface area contributed by atoms with E-state index in [0.29, 0.717) is 0 Å². The third-order valence-corrected chi connectivity index (χ3v) is 6.72. The SMILES string of the molecule is c1ccc(-c2cccc(-c3nncn3-c3ccc4c(c3)c3ccccc3n4-c3ccccc3)c2)cc1. The zero-order valence-corrected chi connectivity index (χ0v) is 19.5. The van der Waals surface area contributed by atoms with E-state index in [-0.39, 0.29) is 0 Å². The summed E-state index contributed by atoms with van der Waals surface area (Å²) in [5.74, 6) is 0.818. The minimum Gasteiger partial charge on any atom is -0.309 e. The second-order valence-electron chi connectivity index (χ2n) is 8.86. The Morgan fingerprint density at radius 1 is 0.472 bits per heavy atom. The predicted molar refractivity (Wildman–Crippen MR) is 147 cm³/mol. The van der Waals surface area contributed by atoms with Gasteiger partial charge in [-0.15, -0.1) is 10.2 Å². The lowest BCUT2D eigenvalue weighted by Crippen LogP contribution is -1.97. The number of benzene rings is 5. The van der Waals surface area contributed by atoms with Crippen LogP contribution < -0.4 is 0 Å². The van der Waals surface area contributed by atoms with Crippen LogP contribution in [0.5, 0.6) is 0 Å². The molecule has 170 valence electrons. The monoisotopic (exact) mass is 462 g/mol. The van der Waals surface area contributed by atoms with E-state index in [9.17, 15) is 0 Å². The Hall–Kier alpha value is -4.96. The fourth-order valence-corrected chi connectivity index (χ4v) is 5.06. The number of hydrogen-bond donors (Lipinski definition) is 0. The summed E-state index contributed by atoms with van der Waals surface area (Å²) >= 11 is 0. The molecule has 0 radical (unpaired) electrons. The Bertz CT molecular complexity index is 1830. The van der Waals surface area contributed by atoms with Crippen LogP contribution >= 0.6 is 0 Å². The molecule has 0 amide bonds. The Labute approximate surface area is 208 Å². The summed E-state index contributed by atoms with van der Waals surface area (Å²) in [6.07, 6.45) is 1.79. The van der Waals surface area contributed by atoms with Crippen molar-refractivity contribution in [1.29, 1.82) is 0 Å². The van der Waals surface area contributed by atoms with Crippen LogP contribution in [0.1, 0.15) is 0 Å². The van der Waals surface area contributed by atoms with Gasteiger partial charge in [0, 0.05) is 27.7 Å². The van der Waals surface area contributed by atoms with E-state index in [4.69, 9.17) is 0 Å². The van der Waals surface area contributed by atoms with Gasteiger partial charge in [-0.25, -0.2) is 0 Å². The average Bonchev–Trinajstić information content (AvgIpc) is 3.57. The third-order valence-electron chi connectivity index (χ3n) is 6.72. The quantitative estimate of drug-likeness (QED) is 0.269. The molecular formula is C32H22N4. The molecule has 0 aliphatic rings. The van der Waals surface area contributed by atoms with E-state index in [1.165, 1.54) is 27.4 Å².